The number of amides is 1. The van der Waals surface area contributed by atoms with Crippen LogP contribution >= 0.6 is 11.6 Å². The van der Waals surface area contributed by atoms with Gasteiger partial charge in [0.25, 0.3) is 5.91 Å². The first kappa shape index (κ1) is 20.6. The summed E-state index contributed by atoms with van der Waals surface area (Å²) >= 11 is 6.05. The van der Waals surface area contributed by atoms with Crippen molar-refractivity contribution in [1.82, 2.24) is 9.78 Å². The van der Waals surface area contributed by atoms with E-state index in [1.165, 1.54) is 0 Å². The van der Waals surface area contributed by atoms with Crippen LogP contribution in [-0.2, 0) is 0 Å². The maximum Gasteiger partial charge on any atom is 0.256 e. The van der Waals surface area contributed by atoms with Gasteiger partial charge in [0, 0.05) is 10.6 Å². The van der Waals surface area contributed by atoms with E-state index in [2.05, 4.69) is 10.4 Å². The number of carbonyl (C=O) groups is 1. The topological polar surface area (TPSA) is 64.0 Å². The molecule has 3 aromatic carbocycles. The lowest BCUT2D eigenvalue weighted by atomic mass is 10.0. The minimum atomic E-state index is -0.332. The first-order valence-corrected chi connectivity index (χ1v) is 10.1. The zero-order valence-electron chi connectivity index (χ0n) is 17.1. The van der Waals surface area contributed by atoms with Crippen molar-refractivity contribution >= 4 is 23.3 Å². The highest BCUT2D eigenvalue weighted by Crippen LogP contribution is 2.28. The van der Waals surface area contributed by atoms with Crippen molar-refractivity contribution in [3.8, 4) is 16.8 Å². The zero-order chi connectivity index (χ0) is 22.0. The quantitative estimate of drug-likeness (QED) is 0.471. The summed E-state index contributed by atoms with van der Waals surface area (Å²) in [5.41, 5.74) is 3.37. The summed E-state index contributed by atoms with van der Waals surface area (Å²) < 4.78 is 1.60. The number of rotatable bonds is 4. The molecule has 4 rings (SSSR count). The van der Waals surface area contributed by atoms with Crippen LogP contribution in [0, 0.1) is 13.8 Å². The van der Waals surface area contributed by atoms with E-state index in [-0.39, 0.29) is 11.3 Å². The molecule has 0 radical (unpaired) electrons. The molecule has 31 heavy (non-hydrogen) atoms. The number of nitrogens with zero attached hydrogens (tertiary/aromatic N) is 2. The van der Waals surface area contributed by atoms with E-state index in [9.17, 15) is 9.59 Å². The molecular weight excluding hydrogens is 410 g/mol. The van der Waals surface area contributed by atoms with Gasteiger partial charge in [0.15, 0.2) is 0 Å². The SMILES string of the molecule is Cc1ccc(-n2nc(C)c(=O)c(-c3ccc(Cl)cc3)c2NC(=O)c2ccccc2)cc1. The Kier molecular flexibility index (Phi) is 5.69. The van der Waals surface area contributed by atoms with Crippen molar-refractivity contribution in [2.45, 2.75) is 13.8 Å². The lowest BCUT2D eigenvalue weighted by molar-refractivity contribution is 0.102. The van der Waals surface area contributed by atoms with Crippen LogP contribution in [-0.4, -0.2) is 15.7 Å². The molecule has 0 fully saturated rings. The maximum absolute atomic E-state index is 13.2. The van der Waals surface area contributed by atoms with Gasteiger partial charge in [-0.15, -0.1) is 0 Å². The highest BCUT2D eigenvalue weighted by atomic mass is 35.5. The van der Waals surface area contributed by atoms with Gasteiger partial charge in [-0.2, -0.15) is 5.10 Å². The molecule has 0 spiro atoms. The number of aromatic nitrogens is 2. The van der Waals surface area contributed by atoms with Gasteiger partial charge < -0.3 is 5.32 Å². The van der Waals surface area contributed by atoms with E-state index >= 15 is 0 Å². The van der Waals surface area contributed by atoms with Crippen molar-refractivity contribution < 1.29 is 4.79 Å². The smallest absolute Gasteiger partial charge is 0.256 e. The molecular formula is C25H20ClN3O2. The molecule has 0 aliphatic carbocycles. The molecule has 0 aliphatic heterocycles. The van der Waals surface area contributed by atoms with Crippen LogP contribution in [0.25, 0.3) is 16.8 Å². The summed E-state index contributed by atoms with van der Waals surface area (Å²) in [5, 5.41) is 7.96. The molecule has 0 saturated heterocycles. The Morgan fingerprint density at radius 1 is 0.903 bits per heavy atom. The lowest BCUT2D eigenvalue weighted by Crippen LogP contribution is -2.24. The Labute approximate surface area is 184 Å². The van der Waals surface area contributed by atoms with E-state index in [0.29, 0.717) is 33.2 Å². The lowest BCUT2D eigenvalue weighted by Gasteiger charge is -2.18. The number of anilines is 1. The van der Waals surface area contributed by atoms with Gasteiger partial charge in [0.05, 0.1) is 11.3 Å². The molecule has 0 saturated carbocycles. The van der Waals surface area contributed by atoms with Gasteiger partial charge in [-0.05, 0) is 55.8 Å². The fourth-order valence-corrected chi connectivity index (χ4v) is 3.41. The van der Waals surface area contributed by atoms with Crippen LogP contribution < -0.4 is 10.7 Å². The number of nitrogens with one attached hydrogen (secondary N) is 1. The molecule has 4 aromatic rings. The van der Waals surface area contributed by atoms with Gasteiger partial charge in [0.1, 0.15) is 11.5 Å². The molecule has 154 valence electrons. The number of hydrogen-bond donors (Lipinski definition) is 1. The fraction of sp³-hybridized carbons (Fsp3) is 0.0800. The van der Waals surface area contributed by atoms with E-state index in [1.54, 1.807) is 60.1 Å². The van der Waals surface area contributed by atoms with Crippen molar-refractivity contribution in [2.24, 2.45) is 0 Å². The molecule has 1 amide bonds. The average molecular weight is 430 g/mol. The zero-order valence-corrected chi connectivity index (χ0v) is 17.9. The predicted octanol–water partition coefficient (Wildman–Crippen LogP) is 5.42. The number of halogens is 1. The Morgan fingerprint density at radius 2 is 1.55 bits per heavy atom. The van der Waals surface area contributed by atoms with Crippen molar-refractivity contribution in [2.75, 3.05) is 5.32 Å². The number of carbonyl (C=O) groups excluding carboxylic acids is 1. The van der Waals surface area contributed by atoms with Crippen molar-refractivity contribution in [3.05, 3.63) is 111 Å². The van der Waals surface area contributed by atoms with Crippen LogP contribution in [0.3, 0.4) is 0 Å². The van der Waals surface area contributed by atoms with Gasteiger partial charge >= 0.3 is 0 Å². The van der Waals surface area contributed by atoms with Crippen LogP contribution in [0.4, 0.5) is 5.82 Å². The molecule has 5 nitrogen and oxygen atoms in total. The highest BCUT2D eigenvalue weighted by Gasteiger charge is 2.20. The number of aryl methyl sites for hydroxylation is 2. The van der Waals surface area contributed by atoms with Gasteiger partial charge in [-0.1, -0.05) is 59.6 Å². The van der Waals surface area contributed by atoms with Crippen LogP contribution in [0.1, 0.15) is 21.6 Å². The van der Waals surface area contributed by atoms with Crippen LogP contribution in [0.2, 0.25) is 5.02 Å². The normalized spacial score (nSPS) is 10.7. The Hall–Kier alpha value is -3.70. The van der Waals surface area contributed by atoms with E-state index in [0.717, 1.165) is 11.3 Å². The van der Waals surface area contributed by atoms with E-state index in [1.807, 2.05) is 37.3 Å². The molecule has 6 heteroatoms. The third kappa shape index (κ3) is 4.27. The molecule has 0 atom stereocenters. The Bertz CT molecular complexity index is 1300. The van der Waals surface area contributed by atoms with E-state index in [4.69, 9.17) is 11.6 Å². The second kappa shape index (κ2) is 8.58. The van der Waals surface area contributed by atoms with Crippen molar-refractivity contribution in [1.29, 1.82) is 0 Å². The first-order chi connectivity index (χ1) is 14.9. The fourth-order valence-electron chi connectivity index (χ4n) is 3.28. The molecule has 0 aliphatic rings. The summed E-state index contributed by atoms with van der Waals surface area (Å²) in [4.78, 5) is 26.2. The minimum absolute atomic E-state index is 0.256. The summed E-state index contributed by atoms with van der Waals surface area (Å²) in [5.74, 6) is -0.0302. The van der Waals surface area contributed by atoms with Gasteiger partial charge in [-0.25, -0.2) is 4.68 Å². The minimum Gasteiger partial charge on any atom is -0.306 e. The third-order valence-electron chi connectivity index (χ3n) is 4.93. The second-order valence-electron chi connectivity index (χ2n) is 7.21. The monoisotopic (exact) mass is 429 g/mol. The van der Waals surface area contributed by atoms with Crippen LogP contribution in [0.15, 0.2) is 83.7 Å². The largest absolute Gasteiger partial charge is 0.306 e. The second-order valence-corrected chi connectivity index (χ2v) is 7.65. The van der Waals surface area contributed by atoms with Crippen molar-refractivity contribution in [3.63, 3.8) is 0 Å². The Morgan fingerprint density at radius 3 is 2.19 bits per heavy atom. The summed E-state index contributed by atoms with van der Waals surface area (Å²) in [6.07, 6.45) is 0. The molecule has 0 unspecified atom stereocenters. The molecule has 0 bridgehead atoms. The molecule has 1 heterocycles. The van der Waals surface area contributed by atoms with Gasteiger partial charge in [0.2, 0.25) is 5.43 Å². The number of hydrogen-bond acceptors (Lipinski definition) is 3. The predicted molar refractivity (Wildman–Crippen MR) is 124 cm³/mol. The molecule has 1 aromatic heterocycles. The number of benzene rings is 3. The van der Waals surface area contributed by atoms with E-state index < -0.39 is 0 Å². The first-order valence-electron chi connectivity index (χ1n) is 9.77. The summed E-state index contributed by atoms with van der Waals surface area (Å²) in [6, 6.07) is 23.5. The summed E-state index contributed by atoms with van der Waals surface area (Å²) in [6.45, 7) is 3.65. The highest BCUT2D eigenvalue weighted by molar-refractivity contribution is 6.30. The molecule has 1 N–H and O–H groups in total. The van der Waals surface area contributed by atoms with Crippen LogP contribution in [0.5, 0.6) is 0 Å². The summed E-state index contributed by atoms with van der Waals surface area (Å²) in [7, 11) is 0. The maximum atomic E-state index is 13.2. The standard InChI is InChI=1S/C25H20ClN3O2/c1-16-8-14-21(15-9-16)29-24(27-25(31)19-6-4-3-5-7-19)22(23(30)17(2)28-29)18-10-12-20(26)13-11-18/h3-15H,1-2H3,(H,27,31). The average Bonchev–Trinajstić information content (AvgIpc) is 2.78. The third-order valence-corrected chi connectivity index (χ3v) is 5.19. The van der Waals surface area contributed by atoms with Gasteiger partial charge in [-0.3, -0.25) is 9.59 Å². The Balaban J connectivity index is 1.96.